The molecule has 0 aliphatic carbocycles. The van der Waals surface area contributed by atoms with Gasteiger partial charge in [-0.2, -0.15) is 0 Å². The molecule has 0 spiro atoms. The van der Waals surface area contributed by atoms with Gasteiger partial charge in [0.15, 0.2) is 0 Å². The molecule has 0 aromatic rings. The Labute approximate surface area is 348 Å². The maximum absolute atomic E-state index is 12.7. The van der Waals surface area contributed by atoms with Crippen LogP contribution >= 0.6 is 7.82 Å². The molecule has 0 rings (SSSR count). The van der Waals surface area contributed by atoms with Crippen LogP contribution in [-0.2, 0) is 27.9 Å². The highest BCUT2D eigenvalue weighted by Crippen LogP contribution is 2.43. The second kappa shape index (κ2) is 41.0. The van der Waals surface area contributed by atoms with Crippen molar-refractivity contribution in [2.45, 2.75) is 232 Å². The molecule has 0 aromatic heterocycles. The smallest absolute Gasteiger partial charge is 0.457 e. The van der Waals surface area contributed by atoms with Gasteiger partial charge in [-0.25, -0.2) is 4.57 Å². The lowest BCUT2D eigenvalue weighted by molar-refractivity contribution is -0.870. The molecule has 1 N–H and O–H groups in total. The number of ether oxygens (including phenoxy) is 2. The van der Waals surface area contributed by atoms with Gasteiger partial charge in [0.25, 0.3) is 0 Å². The quantitative estimate of drug-likeness (QED) is 0.0215. The molecule has 0 heterocycles. The number of esters is 1. The van der Waals surface area contributed by atoms with E-state index in [-0.39, 0.29) is 25.8 Å². The van der Waals surface area contributed by atoms with E-state index >= 15 is 0 Å². The normalized spacial score (nSPS) is 13.8. The maximum Gasteiger partial charge on any atom is 0.472 e. The number of phosphoric acid groups is 1. The van der Waals surface area contributed by atoms with Crippen molar-refractivity contribution in [1.29, 1.82) is 0 Å². The molecule has 0 saturated carbocycles. The van der Waals surface area contributed by atoms with E-state index in [0.29, 0.717) is 24.1 Å². The summed E-state index contributed by atoms with van der Waals surface area (Å²) in [6.07, 6.45) is 45.4. The number of quaternary nitrogens is 1. The number of nitrogens with zero attached hydrogens (tertiary/aromatic N) is 1. The monoisotopic (exact) mass is 817 g/mol. The maximum atomic E-state index is 12.7. The molecule has 0 amide bonds. The van der Waals surface area contributed by atoms with E-state index < -0.39 is 13.9 Å². The van der Waals surface area contributed by atoms with Gasteiger partial charge in [0, 0.05) is 13.0 Å². The van der Waals surface area contributed by atoms with Crippen LogP contribution in [0.4, 0.5) is 0 Å². The van der Waals surface area contributed by atoms with Gasteiger partial charge in [-0.1, -0.05) is 193 Å². The summed E-state index contributed by atoms with van der Waals surface area (Å²) in [5.74, 6) is -0.311. The Morgan fingerprint density at radius 1 is 0.536 bits per heavy atom. The van der Waals surface area contributed by atoms with Crippen LogP contribution in [0.25, 0.3) is 0 Å². The predicted octanol–water partition coefficient (Wildman–Crippen LogP) is 14.2. The van der Waals surface area contributed by atoms with Gasteiger partial charge in [-0.15, -0.1) is 0 Å². The Balaban J connectivity index is 4.08. The molecule has 0 radical (unpaired) electrons. The third kappa shape index (κ3) is 44.3. The Morgan fingerprint density at radius 2 is 0.929 bits per heavy atom. The van der Waals surface area contributed by atoms with Crippen LogP contribution < -0.4 is 0 Å². The largest absolute Gasteiger partial charge is 0.472 e. The highest BCUT2D eigenvalue weighted by molar-refractivity contribution is 7.47. The van der Waals surface area contributed by atoms with Crippen molar-refractivity contribution in [2.75, 3.05) is 54.1 Å². The summed E-state index contributed by atoms with van der Waals surface area (Å²) >= 11 is 0. The van der Waals surface area contributed by atoms with E-state index in [1.54, 1.807) is 0 Å². The number of unbranched alkanes of at least 4 members (excludes halogenated alkanes) is 29. The molecule has 0 saturated heterocycles. The van der Waals surface area contributed by atoms with Gasteiger partial charge in [0.1, 0.15) is 19.3 Å². The zero-order valence-corrected chi connectivity index (χ0v) is 38.8. The van der Waals surface area contributed by atoms with Gasteiger partial charge in [-0.3, -0.25) is 13.8 Å². The first-order valence-corrected chi connectivity index (χ1v) is 25.4. The van der Waals surface area contributed by atoms with Gasteiger partial charge in [-0.05, 0) is 38.5 Å². The number of carbonyl (C=O) groups excluding carboxylic acids is 1. The van der Waals surface area contributed by atoms with Gasteiger partial charge in [0.05, 0.1) is 34.4 Å². The van der Waals surface area contributed by atoms with Gasteiger partial charge < -0.3 is 18.9 Å². The Bertz CT molecular complexity index is 909. The molecule has 0 aliphatic heterocycles. The van der Waals surface area contributed by atoms with Crippen molar-refractivity contribution in [2.24, 2.45) is 0 Å². The van der Waals surface area contributed by atoms with E-state index in [4.69, 9.17) is 18.5 Å². The van der Waals surface area contributed by atoms with E-state index in [0.717, 1.165) is 32.1 Å². The van der Waals surface area contributed by atoms with Crippen molar-refractivity contribution in [1.82, 2.24) is 0 Å². The van der Waals surface area contributed by atoms with Crippen LogP contribution in [-0.4, -0.2) is 75.6 Å². The number of phosphoric ester groups is 1. The first kappa shape index (κ1) is 55.2. The summed E-state index contributed by atoms with van der Waals surface area (Å²) in [5, 5.41) is 0. The Morgan fingerprint density at radius 3 is 1.36 bits per heavy atom. The number of hydrogen-bond acceptors (Lipinski definition) is 6. The summed E-state index contributed by atoms with van der Waals surface area (Å²) in [5.41, 5.74) is 0. The van der Waals surface area contributed by atoms with Gasteiger partial charge >= 0.3 is 13.8 Å². The molecular formula is C47H95NO7P+. The summed E-state index contributed by atoms with van der Waals surface area (Å²) in [6, 6.07) is 0. The standard InChI is InChI=1S/C47H94NO7P/c1-6-8-10-12-14-16-18-20-21-22-23-24-25-26-27-28-29-31-33-35-37-39-42-52-44-46(45-54-56(50,51)53-43-41-48(3,4)5)55-47(49)40-38-36-34-32-30-19-17-15-13-11-9-7-2/h22-23,46H,6-21,24-45H2,1-5H3/p+1/b23-22-. The van der Waals surface area contributed by atoms with Crippen molar-refractivity contribution in [3.8, 4) is 0 Å². The van der Waals surface area contributed by atoms with Crippen molar-refractivity contribution < 1.29 is 37.3 Å². The minimum Gasteiger partial charge on any atom is -0.457 e. The number of carbonyl (C=O) groups is 1. The molecule has 56 heavy (non-hydrogen) atoms. The van der Waals surface area contributed by atoms with Crippen LogP contribution in [0, 0.1) is 0 Å². The Hall–Kier alpha value is -0.760. The predicted molar refractivity (Wildman–Crippen MR) is 238 cm³/mol. The second-order valence-electron chi connectivity index (χ2n) is 17.5. The first-order valence-electron chi connectivity index (χ1n) is 23.9. The van der Waals surface area contributed by atoms with Crippen molar-refractivity contribution >= 4 is 13.8 Å². The molecule has 2 unspecified atom stereocenters. The molecule has 9 heteroatoms. The van der Waals surface area contributed by atoms with Crippen LogP contribution in [0.3, 0.4) is 0 Å². The van der Waals surface area contributed by atoms with Crippen molar-refractivity contribution in [3.63, 3.8) is 0 Å². The third-order valence-corrected chi connectivity index (χ3v) is 11.6. The first-order chi connectivity index (χ1) is 27.1. The SMILES string of the molecule is CCCCCCCCCC/C=C\CCCCCCCCCCCCOCC(COP(=O)(O)OCC[N+](C)(C)C)OC(=O)CCCCCCCCCCCCCC. The van der Waals surface area contributed by atoms with Gasteiger partial charge in [0.2, 0.25) is 0 Å². The third-order valence-electron chi connectivity index (χ3n) is 10.6. The molecule has 8 nitrogen and oxygen atoms in total. The fourth-order valence-corrected chi connectivity index (χ4v) is 7.58. The zero-order chi connectivity index (χ0) is 41.3. The lowest BCUT2D eigenvalue weighted by Gasteiger charge is -2.24. The van der Waals surface area contributed by atoms with Crippen LogP contribution in [0.15, 0.2) is 12.2 Å². The highest BCUT2D eigenvalue weighted by atomic mass is 31.2. The lowest BCUT2D eigenvalue weighted by Crippen LogP contribution is -2.37. The molecular weight excluding hydrogens is 721 g/mol. The fourth-order valence-electron chi connectivity index (χ4n) is 6.84. The highest BCUT2D eigenvalue weighted by Gasteiger charge is 2.26. The van der Waals surface area contributed by atoms with Crippen molar-refractivity contribution in [3.05, 3.63) is 12.2 Å². The number of hydrogen-bond donors (Lipinski definition) is 1. The van der Waals surface area contributed by atoms with E-state index in [1.807, 2.05) is 21.1 Å². The average molecular weight is 817 g/mol. The van der Waals surface area contributed by atoms with E-state index in [9.17, 15) is 14.3 Å². The zero-order valence-electron chi connectivity index (χ0n) is 37.9. The topological polar surface area (TPSA) is 91.3 Å². The average Bonchev–Trinajstić information content (AvgIpc) is 3.15. The van der Waals surface area contributed by atoms with Crippen LogP contribution in [0.5, 0.6) is 0 Å². The van der Waals surface area contributed by atoms with Crippen LogP contribution in [0.1, 0.15) is 226 Å². The summed E-state index contributed by atoms with van der Waals surface area (Å²) < 4.78 is 35.0. The summed E-state index contributed by atoms with van der Waals surface area (Å²) in [4.78, 5) is 22.9. The van der Waals surface area contributed by atoms with E-state index in [2.05, 4.69) is 26.0 Å². The molecule has 0 aliphatic rings. The molecule has 0 fully saturated rings. The number of allylic oxidation sites excluding steroid dienone is 2. The minimum absolute atomic E-state index is 0.0918. The summed E-state index contributed by atoms with van der Waals surface area (Å²) in [7, 11) is 1.68. The molecule has 0 aromatic carbocycles. The molecule has 2 atom stereocenters. The number of likely N-dealkylation sites (N-methyl/N-ethyl adjacent to an activating group) is 1. The molecule has 334 valence electrons. The van der Waals surface area contributed by atoms with E-state index in [1.165, 1.54) is 173 Å². The number of rotatable bonds is 45. The van der Waals surface area contributed by atoms with Crippen LogP contribution in [0.2, 0.25) is 0 Å². The Kier molecular flexibility index (Phi) is 40.4. The lowest BCUT2D eigenvalue weighted by atomic mass is 10.0. The minimum atomic E-state index is -4.27. The molecule has 0 bridgehead atoms. The second-order valence-corrected chi connectivity index (χ2v) is 19.0. The summed E-state index contributed by atoms with van der Waals surface area (Å²) in [6.45, 7) is 5.66. The fraction of sp³-hybridized carbons (Fsp3) is 0.936.